The quantitative estimate of drug-likeness (QED) is 0.561. The van der Waals surface area contributed by atoms with Crippen LogP contribution in [0.25, 0.3) is 0 Å². The second kappa shape index (κ2) is 7.93. The molecule has 0 saturated carbocycles. The van der Waals surface area contributed by atoms with Gasteiger partial charge in [-0.15, -0.1) is 0 Å². The number of anilines is 1. The first-order valence-corrected chi connectivity index (χ1v) is 11.0. The largest absolute Gasteiger partial charge is 0.508 e. The Hall–Kier alpha value is -3.56. The van der Waals surface area contributed by atoms with E-state index in [4.69, 9.17) is 15.0 Å². The average Bonchev–Trinajstić information content (AvgIpc) is 3.19. The van der Waals surface area contributed by atoms with Gasteiger partial charge in [-0.2, -0.15) is 5.10 Å². The third kappa shape index (κ3) is 4.18. The molecule has 1 unspecified atom stereocenters. The Morgan fingerprint density at radius 2 is 1.81 bits per heavy atom. The van der Waals surface area contributed by atoms with Gasteiger partial charge in [0, 0.05) is 12.0 Å². The Morgan fingerprint density at radius 3 is 2.45 bits per heavy atom. The molecule has 31 heavy (non-hydrogen) atoms. The molecule has 9 heteroatoms. The van der Waals surface area contributed by atoms with Crippen molar-refractivity contribution < 1.29 is 23.4 Å². The molecule has 0 radical (unpaired) electrons. The van der Waals surface area contributed by atoms with Crippen LogP contribution in [0.4, 0.5) is 5.69 Å². The molecule has 4 rings (SSSR count). The van der Waals surface area contributed by atoms with E-state index >= 15 is 0 Å². The van der Waals surface area contributed by atoms with E-state index in [0.29, 0.717) is 17.9 Å². The summed E-state index contributed by atoms with van der Waals surface area (Å²) in [5, 5.41) is 31.6. The van der Waals surface area contributed by atoms with Gasteiger partial charge in [0.15, 0.2) is 11.5 Å². The smallest absolute Gasteiger partial charge is 0.238 e. The Morgan fingerprint density at radius 1 is 1.06 bits per heavy atom. The van der Waals surface area contributed by atoms with E-state index in [9.17, 15) is 18.6 Å². The van der Waals surface area contributed by atoms with Crippen molar-refractivity contribution in [3.8, 4) is 17.2 Å². The monoisotopic (exact) mass is 439 g/mol. The van der Waals surface area contributed by atoms with Gasteiger partial charge in [0.1, 0.15) is 5.75 Å². The number of benzene rings is 3. The molecule has 0 amide bonds. The fraction of sp³-hybridized carbons (Fsp3) is 0.136. The van der Waals surface area contributed by atoms with Crippen molar-refractivity contribution in [1.82, 2.24) is 0 Å². The Labute approximate surface area is 179 Å². The molecule has 1 aliphatic heterocycles. The number of rotatable bonds is 5. The average molecular weight is 439 g/mol. The standard InChI is InChI=1S/C22H21N3O5S/c1-30-22-12-14(5-10-21(22)27)19-13-20(15-3-2-4-17(26)11-15)25(24-19)16-6-8-18(9-7-16)31(23,28)29/h2-12,20,26-27H,13H2,1H3,(H2,23,28,29). The highest BCUT2D eigenvalue weighted by atomic mass is 32.2. The number of hydrogen-bond donors (Lipinski definition) is 3. The summed E-state index contributed by atoms with van der Waals surface area (Å²) in [4.78, 5) is 0.0110. The van der Waals surface area contributed by atoms with E-state index in [1.165, 1.54) is 19.2 Å². The SMILES string of the molecule is COc1cc(C2=NN(c3ccc(S(N)(=O)=O)cc3)C(c3cccc(O)c3)C2)ccc1O. The van der Waals surface area contributed by atoms with Gasteiger partial charge in [-0.1, -0.05) is 12.1 Å². The molecule has 8 nitrogen and oxygen atoms in total. The Kier molecular flexibility index (Phi) is 5.30. The van der Waals surface area contributed by atoms with Gasteiger partial charge in [0.05, 0.1) is 29.4 Å². The number of ether oxygens (including phenoxy) is 1. The molecule has 1 aliphatic rings. The maximum absolute atomic E-state index is 11.6. The summed E-state index contributed by atoms with van der Waals surface area (Å²) in [5.74, 6) is 0.511. The van der Waals surface area contributed by atoms with Gasteiger partial charge in [-0.25, -0.2) is 13.6 Å². The van der Waals surface area contributed by atoms with Crippen molar-refractivity contribution in [1.29, 1.82) is 0 Å². The predicted octanol–water partition coefficient (Wildman–Crippen LogP) is 3.11. The number of hydrogen-bond acceptors (Lipinski definition) is 7. The van der Waals surface area contributed by atoms with Crippen LogP contribution in [-0.4, -0.2) is 31.5 Å². The lowest BCUT2D eigenvalue weighted by Gasteiger charge is -2.24. The van der Waals surface area contributed by atoms with E-state index < -0.39 is 10.0 Å². The number of nitrogens with two attached hydrogens (primary N) is 1. The molecule has 1 heterocycles. The Balaban J connectivity index is 1.77. The van der Waals surface area contributed by atoms with E-state index in [2.05, 4.69) is 0 Å². The third-order valence-electron chi connectivity index (χ3n) is 5.11. The van der Waals surface area contributed by atoms with E-state index in [1.54, 1.807) is 53.5 Å². The number of sulfonamides is 1. The maximum atomic E-state index is 11.6. The van der Waals surface area contributed by atoms with E-state index in [0.717, 1.165) is 16.8 Å². The minimum Gasteiger partial charge on any atom is -0.508 e. The molecular formula is C22H21N3O5S. The molecule has 0 aromatic heterocycles. The molecule has 1 atom stereocenters. The van der Waals surface area contributed by atoms with Crippen LogP contribution >= 0.6 is 0 Å². The summed E-state index contributed by atoms with van der Waals surface area (Å²) < 4.78 is 28.4. The zero-order valence-electron chi connectivity index (χ0n) is 16.6. The van der Waals surface area contributed by atoms with Crippen LogP contribution in [0.3, 0.4) is 0 Å². The van der Waals surface area contributed by atoms with Gasteiger partial charge in [0.2, 0.25) is 10.0 Å². The van der Waals surface area contributed by atoms with E-state index in [-0.39, 0.29) is 22.4 Å². The molecule has 3 aromatic rings. The number of phenolic OH excluding ortho intramolecular Hbond substituents is 2. The molecule has 4 N–H and O–H groups in total. The molecule has 3 aromatic carbocycles. The summed E-state index contributed by atoms with van der Waals surface area (Å²) in [6.07, 6.45) is 0.522. The van der Waals surface area contributed by atoms with Crippen LogP contribution in [0.2, 0.25) is 0 Å². The van der Waals surface area contributed by atoms with Gasteiger partial charge >= 0.3 is 0 Å². The number of phenols is 2. The van der Waals surface area contributed by atoms with Gasteiger partial charge in [0.25, 0.3) is 0 Å². The first kappa shape index (κ1) is 20.7. The van der Waals surface area contributed by atoms with Crippen molar-refractivity contribution in [3.05, 3.63) is 77.9 Å². The molecule has 160 valence electrons. The van der Waals surface area contributed by atoms with Crippen molar-refractivity contribution in [2.45, 2.75) is 17.4 Å². The van der Waals surface area contributed by atoms with Crippen LogP contribution in [0.15, 0.2) is 76.7 Å². The second-order valence-corrected chi connectivity index (χ2v) is 8.69. The van der Waals surface area contributed by atoms with E-state index in [1.807, 2.05) is 6.07 Å². The van der Waals surface area contributed by atoms with Crippen molar-refractivity contribution in [2.24, 2.45) is 10.2 Å². The van der Waals surface area contributed by atoms with Crippen LogP contribution in [0, 0.1) is 0 Å². The van der Waals surface area contributed by atoms with Crippen LogP contribution < -0.4 is 14.9 Å². The highest BCUT2D eigenvalue weighted by Crippen LogP contribution is 2.39. The van der Waals surface area contributed by atoms with Crippen LogP contribution in [0.1, 0.15) is 23.6 Å². The zero-order chi connectivity index (χ0) is 22.2. The number of methoxy groups -OCH3 is 1. The minimum absolute atomic E-state index is 0.0110. The lowest BCUT2D eigenvalue weighted by Crippen LogP contribution is -2.19. The Bertz CT molecular complexity index is 1260. The topological polar surface area (TPSA) is 125 Å². The third-order valence-corrected chi connectivity index (χ3v) is 6.04. The summed E-state index contributed by atoms with van der Waals surface area (Å²) >= 11 is 0. The lowest BCUT2D eigenvalue weighted by atomic mass is 9.97. The van der Waals surface area contributed by atoms with Gasteiger partial charge < -0.3 is 14.9 Å². The van der Waals surface area contributed by atoms with Crippen molar-refractivity contribution in [3.63, 3.8) is 0 Å². The molecule has 0 aliphatic carbocycles. The fourth-order valence-corrected chi connectivity index (χ4v) is 4.08. The summed E-state index contributed by atoms with van der Waals surface area (Å²) in [5.41, 5.74) is 3.05. The number of nitrogens with zero attached hydrogens (tertiary/aromatic N) is 2. The molecule has 0 bridgehead atoms. The second-order valence-electron chi connectivity index (χ2n) is 7.13. The number of hydrazone groups is 1. The van der Waals surface area contributed by atoms with Crippen molar-refractivity contribution in [2.75, 3.05) is 12.1 Å². The predicted molar refractivity (Wildman–Crippen MR) is 117 cm³/mol. The minimum atomic E-state index is -3.80. The zero-order valence-corrected chi connectivity index (χ0v) is 17.5. The summed E-state index contributed by atoms with van der Waals surface area (Å²) in [6.45, 7) is 0. The first-order chi connectivity index (χ1) is 14.8. The van der Waals surface area contributed by atoms with Gasteiger partial charge in [-0.3, -0.25) is 5.01 Å². The number of aromatic hydroxyl groups is 2. The first-order valence-electron chi connectivity index (χ1n) is 9.42. The van der Waals surface area contributed by atoms with Crippen LogP contribution in [-0.2, 0) is 10.0 Å². The summed E-state index contributed by atoms with van der Waals surface area (Å²) in [6, 6.07) is 17.8. The molecule has 0 saturated heterocycles. The normalized spacial score (nSPS) is 16.3. The van der Waals surface area contributed by atoms with Crippen molar-refractivity contribution >= 4 is 21.4 Å². The number of primary sulfonamides is 1. The maximum Gasteiger partial charge on any atom is 0.238 e. The summed E-state index contributed by atoms with van der Waals surface area (Å²) in [7, 11) is -2.33. The highest BCUT2D eigenvalue weighted by Gasteiger charge is 2.30. The van der Waals surface area contributed by atoms with Gasteiger partial charge in [-0.05, 0) is 60.2 Å². The fourth-order valence-electron chi connectivity index (χ4n) is 3.56. The molecular weight excluding hydrogens is 418 g/mol. The molecule has 0 fully saturated rings. The lowest BCUT2D eigenvalue weighted by molar-refractivity contribution is 0.373. The highest BCUT2D eigenvalue weighted by molar-refractivity contribution is 7.89. The van der Waals surface area contributed by atoms with Crippen LogP contribution in [0.5, 0.6) is 17.2 Å². The molecule has 0 spiro atoms.